The molecule has 6 rings (SSSR count). The number of guanidine groups is 1. The van der Waals surface area contributed by atoms with Crippen LogP contribution in [-0.4, -0.2) is 80.4 Å². The molecule has 6 aromatic rings. The monoisotopic (exact) mass is 732 g/mol. The van der Waals surface area contributed by atoms with Gasteiger partial charge in [-0.05, 0) is 54.2 Å². The highest BCUT2D eigenvalue weighted by Gasteiger charge is 2.32. The van der Waals surface area contributed by atoms with E-state index in [0.29, 0.717) is 0 Å². The van der Waals surface area contributed by atoms with Crippen molar-refractivity contribution in [2.75, 3.05) is 6.54 Å². The fraction of sp³-hybridized carbons (Fsp3) is 0.256. The lowest BCUT2D eigenvalue weighted by atomic mass is 10.00. The van der Waals surface area contributed by atoms with E-state index < -0.39 is 47.9 Å². The number of fused-ring (bicyclic) bond motifs is 3. The zero-order valence-corrected chi connectivity index (χ0v) is 29.5. The molecule has 0 aliphatic carbocycles. The van der Waals surface area contributed by atoms with Gasteiger partial charge >= 0.3 is 5.97 Å². The van der Waals surface area contributed by atoms with E-state index in [1.54, 1.807) is 12.4 Å². The lowest BCUT2D eigenvalue weighted by molar-refractivity contribution is -0.142. The summed E-state index contributed by atoms with van der Waals surface area (Å²) in [5.41, 5.74) is 22.2. The van der Waals surface area contributed by atoms with Gasteiger partial charge in [0.25, 0.3) is 0 Å². The van der Waals surface area contributed by atoms with Crippen LogP contribution >= 0.6 is 0 Å². The number of H-pyrrole nitrogens is 3. The molecule has 15 nitrogen and oxygen atoms in total. The van der Waals surface area contributed by atoms with E-state index in [0.717, 1.165) is 49.4 Å². The first-order valence-electron chi connectivity index (χ1n) is 17.7. The molecule has 280 valence electrons. The Balaban J connectivity index is 1.26. The van der Waals surface area contributed by atoms with Crippen molar-refractivity contribution < 1.29 is 24.3 Å². The Kier molecular flexibility index (Phi) is 11.6. The number of benzene rings is 3. The molecule has 0 aliphatic heterocycles. The SMILES string of the molecule is NC(N)=NCCC[C@H](NC(=O)[C@H](Cc1c[nH]c2ccccc12)NC(=O)[C@H](Cc1c[nH]c2ccccc12)NC(=O)[C@@H](N)Cc1c[nH]c2ccccc12)C(=O)O. The summed E-state index contributed by atoms with van der Waals surface area (Å²) in [7, 11) is 0. The minimum absolute atomic E-state index is 0.0236. The van der Waals surface area contributed by atoms with Gasteiger partial charge < -0.3 is 53.2 Å². The summed E-state index contributed by atoms with van der Waals surface area (Å²) in [6.45, 7) is 0.176. The summed E-state index contributed by atoms with van der Waals surface area (Å²) >= 11 is 0. The predicted octanol–water partition coefficient (Wildman–Crippen LogP) is 2.08. The molecule has 0 saturated carbocycles. The van der Waals surface area contributed by atoms with Gasteiger partial charge in [0.15, 0.2) is 5.96 Å². The molecule has 0 unspecified atom stereocenters. The van der Waals surface area contributed by atoms with E-state index in [9.17, 15) is 24.3 Å². The van der Waals surface area contributed by atoms with Crippen LogP contribution < -0.4 is 33.2 Å². The Morgan fingerprint density at radius 1 is 0.611 bits per heavy atom. The third-order valence-corrected chi connectivity index (χ3v) is 9.48. The summed E-state index contributed by atoms with van der Waals surface area (Å²) in [4.78, 5) is 67.7. The number of hydrogen-bond acceptors (Lipinski definition) is 6. The first-order valence-corrected chi connectivity index (χ1v) is 17.7. The fourth-order valence-electron chi connectivity index (χ4n) is 6.67. The minimum Gasteiger partial charge on any atom is -0.480 e. The number of aliphatic imine (C=N–C) groups is 1. The van der Waals surface area contributed by atoms with Crippen LogP contribution in [0.25, 0.3) is 32.7 Å². The number of amides is 3. The lowest BCUT2D eigenvalue weighted by Crippen LogP contribution is -2.58. The van der Waals surface area contributed by atoms with E-state index in [-0.39, 0.29) is 44.6 Å². The lowest BCUT2D eigenvalue weighted by Gasteiger charge is -2.25. The van der Waals surface area contributed by atoms with Gasteiger partial charge in [-0.1, -0.05) is 54.6 Å². The maximum Gasteiger partial charge on any atom is 0.326 e. The highest BCUT2D eigenvalue weighted by molar-refractivity contribution is 5.96. The molecule has 4 atom stereocenters. The van der Waals surface area contributed by atoms with Crippen LogP contribution in [0.15, 0.2) is 96.4 Å². The highest BCUT2D eigenvalue weighted by atomic mass is 16.4. The number of para-hydroxylation sites is 3. The standard InChI is InChI=1S/C39H44N10O5/c40-28(16-22-19-44-29-11-4-1-8-25(22)29)35(50)48-33(17-23-20-45-30-12-5-2-9-26(23)30)37(52)49-34(18-24-21-46-31-13-6-3-10-27(24)31)36(51)47-32(38(53)54)14-7-15-43-39(41)42/h1-6,8-13,19-21,28,32-34,44-46H,7,14-18,40H2,(H,47,51)(H,48,50)(H,49,52)(H,53,54)(H4,41,42,43)/t28-,32-,33-,34-/m0/s1. The normalized spacial score (nSPS) is 13.6. The van der Waals surface area contributed by atoms with Gasteiger partial charge in [-0.25, -0.2) is 4.79 Å². The van der Waals surface area contributed by atoms with Crippen molar-refractivity contribution in [3.8, 4) is 0 Å². The number of carbonyl (C=O) groups excluding carboxylic acids is 3. The summed E-state index contributed by atoms with van der Waals surface area (Å²) in [5.74, 6) is -3.28. The highest BCUT2D eigenvalue weighted by Crippen LogP contribution is 2.22. The van der Waals surface area contributed by atoms with Crippen LogP contribution in [0.1, 0.15) is 29.5 Å². The molecule has 15 heteroatoms. The van der Waals surface area contributed by atoms with Gasteiger partial charge in [0, 0.05) is 70.7 Å². The van der Waals surface area contributed by atoms with Gasteiger partial charge in [0.05, 0.1) is 6.04 Å². The second-order valence-corrected chi connectivity index (χ2v) is 13.3. The average Bonchev–Trinajstić information content (AvgIpc) is 3.89. The number of aromatic nitrogens is 3. The van der Waals surface area contributed by atoms with Crippen molar-refractivity contribution in [3.05, 3.63) is 108 Å². The third kappa shape index (κ3) is 8.87. The van der Waals surface area contributed by atoms with Gasteiger partial charge in [-0.2, -0.15) is 0 Å². The topological polar surface area (TPSA) is 262 Å². The Bertz CT molecular complexity index is 2300. The number of nitrogens with zero attached hydrogens (tertiary/aromatic N) is 1. The zero-order chi connectivity index (χ0) is 38.2. The predicted molar refractivity (Wildman–Crippen MR) is 207 cm³/mol. The largest absolute Gasteiger partial charge is 0.480 e. The third-order valence-electron chi connectivity index (χ3n) is 9.48. The number of nitrogens with one attached hydrogen (secondary N) is 6. The van der Waals surface area contributed by atoms with E-state index in [1.807, 2.05) is 79.0 Å². The molecule has 0 radical (unpaired) electrons. The van der Waals surface area contributed by atoms with Crippen LogP contribution in [0.2, 0.25) is 0 Å². The number of nitrogens with two attached hydrogens (primary N) is 3. The number of carboxylic acid groups (broad SMARTS) is 1. The smallest absolute Gasteiger partial charge is 0.326 e. The van der Waals surface area contributed by atoms with Crippen LogP contribution in [0.5, 0.6) is 0 Å². The fourth-order valence-corrected chi connectivity index (χ4v) is 6.67. The van der Waals surface area contributed by atoms with Gasteiger partial charge in [-0.15, -0.1) is 0 Å². The molecule has 0 fully saturated rings. The number of carboxylic acids is 1. The van der Waals surface area contributed by atoms with Crippen molar-refractivity contribution in [1.29, 1.82) is 0 Å². The summed E-state index contributed by atoms with van der Waals surface area (Å²) in [5, 5.41) is 20.9. The van der Waals surface area contributed by atoms with E-state index in [2.05, 4.69) is 35.9 Å². The Morgan fingerprint density at radius 3 is 1.46 bits per heavy atom. The molecule has 0 aliphatic rings. The van der Waals surface area contributed by atoms with Crippen LogP contribution in [-0.2, 0) is 38.4 Å². The maximum atomic E-state index is 14.3. The van der Waals surface area contributed by atoms with Crippen molar-refractivity contribution in [3.63, 3.8) is 0 Å². The maximum absolute atomic E-state index is 14.3. The molecule has 0 bridgehead atoms. The minimum atomic E-state index is -1.28. The first-order chi connectivity index (χ1) is 26.1. The van der Waals surface area contributed by atoms with Crippen LogP contribution in [0, 0.1) is 0 Å². The van der Waals surface area contributed by atoms with Crippen LogP contribution in [0.4, 0.5) is 0 Å². The van der Waals surface area contributed by atoms with Crippen molar-refractivity contribution >= 4 is 62.4 Å². The molecule has 54 heavy (non-hydrogen) atoms. The zero-order valence-electron chi connectivity index (χ0n) is 29.5. The van der Waals surface area contributed by atoms with Gasteiger partial charge in [-0.3, -0.25) is 19.4 Å². The molecule has 3 amide bonds. The number of aliphatic carboxylic acids is 1. The van der Waals surface area contributed by atoms with Crippen molar-refractivity contribution in [1.82, 2.24) is 30.9 Å². The molecular formula is C39H44N10O5. The molecule has 3 heterocycles. The summed E-state index contributed by atoms with van der Waals surface area (Å²) < 4.78 is 0. The Labute approximate surface area is 310 Å². The molecule has 13 N–H and O–H groups in total. The van der Waals surface area contributed by atoms with Gasteiger partial charge in [0.1, 0.15) is 18.1 Å². The number of hydrogen-bond donors (Lipinski definition) is 10. The average molecular weight is 733 g/mol. The van der Waals surface area contributed by atoms with Crippen molar-refractivity contribution in [2.24, 2.45) is 22.2 Å². The number of carbonyl (C=O) groups is 4. The van der Waals surface area contributed by atoms with E-state index in [1.165, 1.54) is 0 Å². The quantitative estimate of drug-likeness (QED) is 0.0376. The number of rotatable bonds is 17. The second-order valence-electron chi connectivity index (χ2n) is 13.3. The Morgan fingerprint density at radius 2 is 1.02 bits per heavy atom. The molecule has 3 aromatic heterocycles. The molecule has 0 saturated heterocycles. The first kappa shape index (κ1) is 37.2. The van der Waals surface area contributed by atoms with E-state index in [4.69, 9.17) is 17.2 Å². The summed E-state index contributed by atoms with van der Waals surface area (Å²) in [6.07, 6.45) is 5.97. The van der Waals surface area contributed by atoms with Crippen molar-refractivity contribution in [2.45, 2.75) is 56.3 Å². The van der Waals surface area contributed by atoms with Gasteiger partial charge in [0.2, 0.25) is 17.7 Å². The molecule has 0 spiro atoms. The number of aromatic amines is 3. The molecule has 3 aromatic carbocycles. The Hall–Kier alpha value is -6.61. The van der Waals surface area contributed by atoms with Crippen LogP contribution in [0.3, 0.4) is 0 Å². The molecular weight excluding hydrogens is 688 g/mol. The van der Waals surface area contributed by atoms with E-state index >= 15 is 0 Å². The summed E-state index contributed by atoms with van der Waals surface area (Å²) in [6, 6.07) is 18.1. The second kappa shape index (κ2) is 16.8.